The second kappa shape index (κ2) is 7.19. The second-order valence-electron chi connectivity index (χ2n) is 6.00. The summed E-state index contributed by atoms with van der Waals surface area (Å²) in [6.45, 7) is 10.2. The third-order valence-electron chi connectivity index (χ3n) is 4.65. The Morgan fingerprint density at radius 3 is 2.60 bits per heavy atom. The maximum Gasteiger partial charge on any atom is 0.123 e. The lowest BCUT2D eigenvalue weighted by molar-refractivity contribution is 0.165. The third kappa shape index (κ3) is 4.03. The smallest absolute Gasteiger partial charge is 0.123 e. The van der Waals surface area contributed by atoms with Gasteiger partial charge in [-0.3, -0.25) is 0 Å². The van der Waals surface area contributed by atoms with E-state index in [1.807, 2.05) is 6.07 Å². The zero-order chi connectivity index (χ0) is 14.5. The number of likely N-dealkylation sites (tertiary alicyclic amines) is 1. The lowest BCUT2D eigenvalue weighted by atomic mass is 9.89. The Labute approximate surface area is 122 Å². The molecule has 112 valence electrons. The van der Waals surface area contributed by atoms with Crippen LogP contribution < -0.4 is 5.32 Å². The van der Waals surface area contributed by atoms with Gasteiger partial charge in [-0.1, -0.05) is 19.1 Å². The normalized spacial score (nSPS) is 20.8. The molecule has 1 saturated heterocycles. The van der Waals surface area contributed by atoms with Crippen LogP contribution in [0.25, 0.3) is 0 Å². The van der Waals surface area contributed by atoms with Crippen LogP contribution in [-0.4, -0.2) is 30.6 Å². The summed E-state index contributed by atoms with van der Waals surface area (Å²) in [4.78, 5) is 2.51. The van der Waals surface area contributed by atoms with E-state index >= 15 is 0 Å². The molecule has 0 saturated carbocycles. The van der Waals surface area contributed by atoms with Crippen LogP contribution in [0.2, 0.25) is 0 Å². The highest BCUT2D eigenvalue weighted by atomic mass is 19.1. The van der Waals surface area contributed by atoms with Crippen molar-refractivity contribution in [1.82, 2.24) is 10.2 Å². The van der Waals surface area contributed by atoms with E-state index in [9.17, 15) is 4.39 Å². The van der Waals surface area contributed by atoms with Gasteiger partial charge >= 0.3 is 0 Å². The average Bonchev–Trinajstić information content (AvgIpc) is 2.47. The minimum Gasteiger partial charge on any atom is -0.307 e. The van der Waals surface area contributed by atoms with E-state index in [1.54, 1.807) is 12.1 Å². The predicted molar refractivity (Wildman–Crippen MR) is 82.3 cm³/mol. The molecule has 0 aromatic heterocycles. The van der Waals surface area contributed by atoms with Crippen molar-refractivity contribution in [2.45, 2.75) is 45.7 Å². The summed E-state index contributed by atoms with van der Waals surface area (Å²) in [5.41, 5.74) is 1.03. The molecule has 1 N–H and O–H groups in total. The van der Waals surface area contributed by atoms with Crippen LogP contribution in [-0.2, 0) is 0 Å². The van der Waals surface area contributed by atoms with Crippen LogP contribution in [0.1, 0.15) is 45.2 Å². The maximum absolute atomic E-state index is 13.3. The molecule has 1 aromatic carbocycles. The SMILES string of the molecule is CCN1CCC(C(C)N[C@H](C)c2cccc(F)c2)CC1. The first-order chi connectivity index (χ1) is 9.60. The summed E-state index contributed by atoms with van der Waals surface area (Å²) in [6, 6.07) is 7.59. The lowest BCUT2D eigenvalue weighted by Gasteiger charge is -2.35. The van der Waals surface area contributed by atoms with Gasteiger partial charge in [0.15, 0.2) is 0 Å². The number of benzene rings is 1. The Morgan fingerprint density at radius 1 is 1.30 bits per heavy atom. The fourth-order valence-electron chi connectivity index (χ4n) is 3.17. The summed E-state index contributed by atoms with van der Waals surface area (Å²) >= 11 is 0. The van der Waals surface area contributed by atoms with Crippen molar-refractivity contribution in [1.29, 1.82) is 0 Å². The van der Waals surface area contributed by atoms with Crippen LogP contribution in [0, 0.1) is 11.7 Å². The minimum atomic E-state index is -0.153. The van der Waals surface area contributed by atoms with E-state index in [-0.39, 0.29) is 11.9 Å². The predicted octanol–water partition coefficient (Wildman–Crippen LogP) is 3.60. The van der Waals surface area contributed by atoms with Gasteiger partial charge in [0.1, 0.15) is 5.82 Å². The van der Waals surface area contributed by atoms with Gasteiger partial charge in [0.05, 0.1) is 0 Å². The number of piperidine rings is 1. The van der Waals surface area contributed by atoms with Gasteiger partial charge in [0, 0.05) is 12.1 Å². The molecule has 0 radical (unpaired) electrons. The molecular formula is C17H27FN2. The van der Waals surface area contributed by atoms with Gasteiger partial charge in [-0.15, -0.1) is 0 Å². The fourth-order valence-corrected chi connectivity index (χ4v) is 3.17. The Hall–Kier alpha value is -0.930. The van der Waals surface area contributed by atoms with Crippen LogP contribution in [0.5, 0.6) is 0 Å². The van der Waals surface area contributed by atoms with E-state index in [1.165, 1.54) is 32.0 Å². The van der Waals surface area contributed by atoms with Gasteiger partial charge in [0.2, 0.25) is 0 Å². The quantitative estimate of drug-likeness (QED) is 0.885. The van der Waals surface area contributed by atoms with Gasteiger partial charge in [0.25, 0.3) is 0 Å². The number of nitrogens with zero attached hydrogens (tertiary/aromatic N) is 1. The summed E-state index contributed by atoms with van der Waals surface area (Å²) in [5, 5.41) is 3.64. The first-order valence-corrected chi connectivity index (χ1v) is 7.84. The van der Waals surface area contributed by atoms with E-state index in [0.29, 0.717) is 6.04 Å². The largest absolute Gasteiger partial charge is 0.307 e. The molecule has 0 aliphatic carbocycles. The topological polar surface area (TPSA) is 15.3 Å². The molecule has 1 aliphatic rings. The van der Waals surface area contributed by atoms with Gasteiger partial charge < -0.3 is 10.2 Å². The Balaban J connectivity index is 1.86. The van der Waals surface area contributed by atoms with Crippen LogP contribution >= 0.6 is 0 Å². The van der Waals surface area contributed by atoms with Gasteiger partial charge in [-0.2, -0.15) is 0 Å². The van der Waals surface area contributed by atoms with Crippen molar-refractivity contribution in [3.63, 3.8) is 0 Å². The van der Waals surface area contributed by atoms with Crippen molar-refractivity contribution in [2.24, 2.45) is 5.92 Å². The standard InChI is InChI=1S/C17H27FN2/c1-4-20-10-8-15(9-11-20)13(2)19-14(3)16-6-5-7-17(18)12-16/h5-7,12-15,19H,4,8-11H2,1-3H3/t13?,14-/m1/s1. The Kier molecular flexibility index (Phi) is 5.55. The zero-order valence-electron chi connectivity index (χ0n) is 12.9. The number of nitrogens with one attached hydrogen (secondary N) is 1. The van der Waals surface area contributed by atoms with Crippen molar-refractivity contribution in [2.75, 3.05) is 19.6 Å². The molecule has 20 heavy (non-hydrogen) atoms. The van der Waals surface area contributed by atoms with E-state index < -0.39 is 0 Å². The number of hydrogen-bond acceptors (Lipinski definition) is 2. The highest BCUT2D eigenvalue weighted by molar-refractivity contribution is 5.19. The van der Waals surface area contributed by atoms with Crippen molar-refractivity contribution in [3.8, 4) is 0 Å². The number of rotatable bonds is 5. The molecule has 3 heteroatoms. The van der Waals surface area contributed by atoms with Crippen molar-refractivity contribution >= 4 is 0 Å². The van der Waals surface area contributed by atoms with Crippen LogP contribution in [0.4, 0.5) is 4.39 Å². The molecule has 1 aliphatic heterocycles. The molecular weight excluding hydrogens is 251 g/mol. The first-order valence-electron chi connectivity index (χ1n) is 7.84. The third-order valence-corrected chi connectivity index (χ3v) is 4.65. The molecule has 2 atom stereocenters. The molecule has 0 amide bonds. The average molecular weight is 278 g/mol. The Bertz CT molecular complexity index is 413. The highest BCUT2D eigenvalue weighted by Crippen LogP contribution is 2.23. The van der Waals surface area contributed by atoms with Crippen molar-refractivity contribution < 1.29 is 4.39 Å². The second-order valence-corrected chi connectivity index (χ2v) is 6.00. The molecule has 2 nitrogen and oxygen atoms in total. The molecule has 1 heterocycles. The summed E-state index contributed by atoms with van der Waals surface area (Å²) in [6.07, 6.45) is 2.52. The summed E-state index contributed by atoms with van der Waals surface area (Å²) in [7, 11) is 0. The number of halogens is 1. The molecule has 1 unspecified atom stereocenters. The minimum absolute atomic E-state index is 0.153. The molecule has 1 aromatic rings. The molecule has 2 rings (SSSR count). The van der Waals surface area contributed by atoms with Crippen LogP contribution in [0.3, 0.4) is 0 Å². The van der Waals surface area contributed by atoms with E-state index in [4.69, 9.17) is 0 Å². The monoisotopic (exact) mass is 278 g/mol. The maximum atomic E-state index is 13.3. The highest BCUT2D eigenvalue weighted by Gasteiger charge is 2.24. The van der Waals surface area contributed by atoms with Gasteiger partial charge in [-0.05, 0) is 69.9 Å². The van der Waals surface area contributed by atoms with E-state index in [2.05, 4.69) is 31.0 Å². The summed E-state index contributed by atoms with van der Waals surface area (Å²) in [5.74, 6) is 0.578. The number of hydrogen-bond donors (Lipinski definition) is 1. The van der Waals surface area contributed by atoms with Crippen LogP contribution in [0.15, 0.2) is 24.3 Å². The van der Waals surface area contributed by atoms with Gasteiger partial charge in [-0.25, -0.2) is 4.39 Å². The Morgan fingerprint density at radius 2 is 2.00 bits per heavy atom. The zero-order valence-corrected chi connectivity index (χ0v) is 12.9. The first kappa shape index (κ1) is 15.5. The molecule has 0 bridgehead atoms. The fraction of sp³-hybridized carbons (Fsp3) is 0.647. The molecule has 0 spiro atoms. The molecule has 1 fully saturated rings. The summed E-state index contributed by atoms with van der Waals surface area (Å²) < 4.78 is 13.3. The van der Waals surface area contributed by atoms with Crippen molar-refractivity contribution in [3.05, 3.63) is 35.6 Å². The van der Waals surface area contributed by atoms with E-state index in [0.717, 1.165) is 18.0 Å². The lowest BCUT2D eigenvalue weighted by Crippen LogP contribution is -2.42.